The van der Waals surface area contributed by atoms with Gasteiger partial charge in [0.2, 0.25) is 41.0 Å². The highest BCUT2D eigenvalue weighted by Gasteiger charge is 2.46. The highest BCUT2D eigenvalue weighted by atomic mass is 32.1. The number of piperazine rings is 3. The molecule has 732 valence electrons. The fourth-order valence-corrected chi connectivity index (χ4v) is 23.7. The van der Waals surface area contributed by atoms with E-state index in [1.807, 2.05) is 76.8 Å². The number of para-hydroxylation sites is 1. The third-order valence-electron chi connectivity index (χ3n) is 29.2. The lowest BCUT2D eigenvalue weighted by Crippen LogP contribution is -2.64. The summed E-state index contributed by atoms with van der Waals surface area (Å²) in [4.78, 5) is 161. The molecule has 9 aromatic rings. The molecule has 9 aliphatic rings. The topological polar surface area (TPSA) is 332 Å². The van der Waals surface area contributed by atoms with E-state index in [-0.39, 0.29) is 134 Å². The Balaban J connectivity index is 0.000000149. The van der Waals surface area contributed by atoms with E-state index in [2.05, 4.69) is 46.9 Å². The fourth-order valence-electron chi connectivity index (χ4n) is 21.7. The van der Waals surface area contributed by atoms with E-state index in [1.54, 1.807) is 102 Å². The van der Waals surface area contributed by atoms with Gasteiger partial charge >= 0.3 is 18.3 Å². The summed E-state index contributed by atoms with van der Waals surface area (Å²) in [7, 11) is 0. The van der Waals surface area contributed by atoms with Gasteiger partial charge in [0.1, 0.15) is 35.2 Å². The number of nitrogens with one attached hydrogen (secondary N) is 7. The number of benzene rings is 3. The summed E-state index contributed by atoms with van der Waals surface area (Å²) in [6, 6.07) is 32.3. The number of carbonyl (C=O) groups excluding carboxylic acids is 9. The molecule has 137 heavy (non-hydrogen) atoms. The highest BCUT2D eigenvalue weighted by molar-refractivity contribution is 7.10. The highest BCUT2D eigenvalue weighted by Crippen LogP contribution is 2.37. The normalized spacial score (nSPS) is 20.5. The molecule has 0 bridgehead atoms. The zero-order valence-corrected chi connectivity index (χ0v) is 81.1. The molecule has 7 N–H and O–H groups in total. The number of ether oxygens (including phenoxy) is 3. The van der Waals surface area contributed by atoms with Crippen molar-refractivity contribution in [3.05, 3.63) is 181 Å². The zero-order chi connectivity index (χ0) is 94.8. The second-order valence-electron chi connectivity index (χ2n) is 38.7. The molecule has 6 aliphatic carbocycles. The molecule has 3 saturated heterocycles. The van der Waals surface area contributed by atoms with E-state index in [1.165, 1.54) is 137 Å². The number of aromatic nitrogens is 3. The lowest BCUT2D eigenvalue weighted by Gasteiger charge is -2.42. The molecule has 6 aromatic heterocycles. The molecule has 3 aromatic carbocycles. The van der Waals surface area contributed by atoms with Crippen LogP contribution >= 0.6 is 34.0 Å². The number of fused-ring (bicyclic) bond motifs is 3. The second kappa shape index (κ2) is 49.7. The van der Waals surface area contributed by atoms with Crippen molar-refractivity contribution in [1.29, 1.82) is 0 Å². The molecule has 28 nitrogen and oxygen atoms in total. The Hall–Kier alpha value is -10.8. The van der Waals surface area contributed by atoms with Crippen molar-refractivity contribution in [3.63, 3.8) is 0 Å². The maximum absolute atomic E-state index is 14.5. The lowest BCUT2D eigenvalue weighted by atomic mass is 9.83. The molecule has 3 aliphatic heterocycles. The molecular formula is C105H134FN15O13S3. The number of pyridine rings is 3. The maximum atomic E-state index is 14.5. The van der Waals surface area contributed by atoms with E-state index >= 15 is 0 Å². The van der Waals surface area contributed by atoms with Crippen LogP contribution in [-0.2, 0) is 48.4 Å². The smallest absolute Gasteiger partial charge is 0.409 e. The van der Waals surface area contributed by atoms with E-state index in [4.69, 9.17) is 14.2 Å². The molecule has 9 heterocycles. The Kier molecular flexibility index (Phi) is 36.0. The number of halogens is 1. The minimum atomic E-state index is -0.876. The van der Waals surface area contributed by atoms with Gasteiger partial charge in [-0.3, -0.25) is 43.5 Å². The number of amides is 9. The number of H-pyrrole nitrogens is 1. The summed E-state index contributed by atoms with van der Waals surface area (Å²) >= 11 is 4.68. The first-order valence-corrected chi connectivity index (χ1v) is 53.1. The Morgan fingerprint density at radius 3 is 1.16 bits per heavy atom. The molecule has 0 unspecified atom stereocenters. The maximum Gasteiger partial charge on any atom is 0.415 e. The molecule has 9 fully saturated rings. The van der Waals surface area contributed by atoms with Gasteiger partial charge in [-0.1, -0.05) is 190 Å². The minimum absolute atomic E-state index is 0.00696. The first-order valence-electron chi connectivity index (χ1n) is 50.4. The second-order valence-corrected chi connectivity index (χ2v) is 41.8. The SMILES string of the molecule is O=C(NCc1cccs1)[C@@H]1CN(C(=O)Oc2ccc(F)c3cccnc23)CCN1C(=O)[C@@H](CC1CCCCC1)NC1CCCCC1.O=C(NCc1cccs1)[C@@H]1CN(C(=O)Oc2cccc3ccc(=O)[nH]c23)CCN1C(=O)[C@@H](CC1CCCCC1)NC1CCCCC1.O=C(NCc1cccs1)[C@@H]1CN(C(=O)Oc2cccc3ncccc23)CCN1C(=O)[C@@H](CC1CCCCC1)NC1CCCCC1. The number of thiophene rings is 3. The zero-order valence-electron chi connectivity index (χ0n) is 78.7. The summed E-state index contributed by atoms with van der Waals surface area (Å²) in [5, 5.41) is 27.9. The van der Waals surface area contributed by atoms with Crippen LogP contribution in [0.25, 0.3) is 32.7 Å². The molecule has 9 amide bonds. The minimum Gasteiger partial charge on any atom is -0.409 e. The average molecular weight is 1930 g/mol. The van der Waals surface area contributed by atoms with Crippen LogP contribution in [-0.4, -0.2) is 211 Å². The molecular weight excluding hydrogens is 1790 g/mol. The van der Waals surface area contributed by atoms with Crippen LogP contribution in [0.3, 0.4) is 0 Å². The fraction of sp³-hybridized carbons (Fsp3) is 0.543. The first kappa shape index (κ1) is 99.2. The van der Waals surface area contributed by atoms with Gasteiger partial charge in [-0.2, -0.15) is 0 Å². The third kappa shape index (κ3) is 27.2. The molecule has 0 spiro atoms. The standard InChI is InChI=1S/C35H44FN5O4S.C35H45N5O5S.C35H45N5O4S/c36-28-15-16-31(32-27(28)14-7-17-37-32)45-35(44)40-18-19-41(30(23-40)33(42)38-22-26-13-8-20-46-26)34(43)29(21-24-9-3-1-4-10-24)39-25-11-5-2-6-12-25;41-31-17-16-25-11-7-15-30(32(25)38-31)45-35(44)39-18-19-40(29(23-39)33(42)36-22-27-14-8-20-46-27)34(43)28(21-24-9-3-1-4-10-24)37-26-12-5-2-6-13-26;41-33(37-23-27-14-9-21-45-27)31-24-39(35(43)44-32-17-7-16-29-28(32)15-8-18-36-29)19-20-40(31)34(42)30(22-25-10-3-1-4-11-25)38-26-12-5-2-6-13-26/h7-8,13-17,20,24-25,29-30,39H,1-6,9-12,18-19,21-23H2,(H,38,42);7-8,11,14-17,20,24,26,28-29,37H,1-6,9-10,12-13,18-19,21-23H2,(H,36,42)(H,38,41);7-9,14-18,21,25-26,30-31,38H,1-6,10-13,19-20,22-24H2,(H,37,41)/t29-,30+;28-,29+;30-,31+/m111/s1. The predicted molar refractivity (Wildman–Crippen MR) is 531 cm³/mol. The Morgan fingerprint density at radius 2 is 0.752 bits per heavy atom. The number of rotatable bonds is 27. The number of aromatic amines is 1. The molecule has 32 heteroatoms. The van der Waals surface area contributed by atoms with Crippen LogP contribution in [0.2, 0.25) is 0 Å². The largest absolute Gasteiger partial charge is 0.415 e. The summed E-state index contributed by atoms with van der Waals surface area (Å²) in [6.45, 7) is 2.62. The van der Waals surface area contributed by atoms with Gasteiger partial charge in [0.25, 0.3) is 0 Å². The van der Waals surface area contributed by atoms with E-state index < -0.39 is 42.2 Å². The molecule has 6 saturated carbocycles. The average Bonchev–Trinajstić information content (AvgIpc) is 1.74. The van der Waals surface area contributed by atoms with Crippen LogP contribution < -0.4 is 51.7 Å². The van der Waals surface area contributed by atoms with Crippen LogP contribution in [0.5, 0.6) is 17.2 Å². The number of nitrogens with zero attached hydrogens (tertiary/aromatic N) is 8. The number of carbonyl (C=O) groups is 9. The lowest BCUT2D eigenvalue weighted by molar-refractivity contribution is -0.145. The van der Waals surface area contributed by atoms with E-state index in [9.17, 15) is 52.3 Å². The van der Waals surface area contributed by atoms with Crippen LogP contribution in [0.15, 0.2) is 155 Å². The van der Waals surface area contributed by atoms with Crippen molar-refractivity contribution in [2.24, 2.45) is 17.8 Å². The van der Waals surface area contributed by atoms with Crippen LogP contribution in [0.1, 0.15) is 227 Å². The van der Waals surface area contributed by atoms with E-state index in [0.29, 0.717) is 73.3 Å². The third-order valence-corrected chi connectivity index (χ3v) is 31.9. The summed E-state index contributed by atoms with van der Waals surface area (Å²) < 4.78 is 31.7. The van der Waals surface area contributed by atoms with E-state index in [0.717, 1.165) is 140 Å². The predicted octanol–water partition coefficient (Wildman–Crippen LogP) is 17.1. The summed E-state index contributed by atoms with van der Waals surface area (Å²) in [5.41, 5.74) is 1.12. The van der Waals surface area contributed by atoms with Gasteiger partial charge in [-0.05, 0) is 171 Å². The van der Waals surface area contributed by atoms with Gasteiger partial charge in [0.15, 0.2) is 11.5 Å². The van der Waals surface area contributed by atoms with Gasteiger partial charge in [0, 0.05) is 107 Å². The summed E-state index contributed by atoms with van der Waals surface area (Å²) in [6.07, 6.45) is 38.8. The molecule has 0 radical (unpaired) electrons. The van der Waals surface area contributed by atoms with Crippen molar-refractivity contribution < 1.29 is 61.8 Å². The van der Waals surface area contributed by atoms with Crippen LogP contribution in [0.4, 0.5) is 18.8 Å². The van der Waals surface area contributed by atoms with Crippen molar-refractivity contribution in [1.82, 2.24) is 76.3 Å². The molecule has 18 rings (SSSR count). The van der Waals surface area contributed by atoms with Gasteiger partial charge in [-0.25, -0.2) is 18.8 Å². The summed E-state index contributed by atoms with van der Waals surface area (Å²) in [5.74, 6) is 0.869. The van der Waals surface area contributed by atoms with Crippen molar-refractivity contribution >= 4 is 120 Å². The monoisotopic (exact) mass is 1930 g/mol. The van der Waals surface area contributed by atoms with Gasteiger partial charge in [0.05, 0.1) is 68.4 Å². The van der Waals surface area contributed by atoms with Crippen molar-refractivity contribution in [2.75, 3.05) is 58.9 Å². The van der Waals surface area contributed by atoms with Crippen LogP contribution in [0, 0.1) is 23.6 Å². The molecule has 6 atom stereocenters. The Morgan fingerprint density at radius 1 is 0.380 bits per heavy atom. The van der Waals surface area contributed by atoms with Crippen molar-refractivity contribution in [2.45, 2.75) is 286 Å². The Bertz CT molecular complexity index is 5480. The Labute approximate surface area is 813 Å². The number of hydrogen-bond donors (Lipinski definition) is 7. The van der Waals surface area contributed by atoms with Gasteiger partial charge in [-0.15, -0.1) is 34.0 Å². The van der Waals surface area contributed by atoms with Crippen molar-refractivity contribution in [3.8, 4) is 17.2 Å². The quantitative estimate of drug-likeness (QED) is 0.0251. The van der Waals surface area contributed by atoms with Gasteiger partial charge < -0.3 is 80.5 Å². The first-order chi connectivity index (χ1) is 66.9. The number of hydrogen-bond acceptors (Lipinski definition) is 21.